The molecule has 0 bridgehead atoms. The molecular weight excluding hydrogens is 503 g/mol. The molecule has 1 saturated heterocycles. The summed E-state index contributed by atoms with van der Waals surface area (Å²) < 4.78 is 5.14. The van der Waals surface area contributed by atoms with Gasteiger partial charge in [-0.1, -0.05) is 36.4 Å². The number of benzene rings is 2. The SMILES string of the molecule is CCNC(=NCCc1ccc(OC)cc1O)NC1CCN(Cc2ccccc2)CC1.I. The van der Waals surface area contributed by atoms with Crippen LogP contribution in [0.2, 0.25) is 0 Å². The number of phenolic OH excluding ortho intramolecular Hbond substituents is 1. The maximum absolute atomic E-state index is 10.1. The van der Waals surface area contributed by atoms with E-state index in [1.165, 1.54) is 5.56 Å². The Bertz CT molecular complexity index is 808. The quantitative estimate of drug-likeness (QED) is 0.271. The normalized spacial score (nSPS) is 15.2. The van der Waals surface area contributed by atoms with E-state index in [0.29, 0.717) is 24.8 Å². The monoisotopic (exact) mass is 538 g/mol. The molecule has 1 fully saturated rings. The topological polar surface area (TPSA) is 69.1 Å². The van der Waals surface area contributed by atoms with E-state index in [4.69, 9.17) is 9.73 Å². The van der Waals surface area contributed by atoms with E-state index in [2.05, 4.69) is 52.8 Å². The Balaban J connectivity index is 0.00000341. The number of methoxy groups -OCH3 is 1. The van der Waals surface area contributed by atoms with Crippen LogP contribution < -0.4 is 15.4 Å². The summed E-state index contributed by atoms with van der Waals surface area (Å²) in [5.41, 5.74) is 2.25. The summed E-state index contributed by atoms with van der Waals surface area (Å²) in [6, 6.07) is 16.5. The fourth-order valence-electron chi connectivity index (χ4n) is 3.76. The highest BCUT2D eigenvalue weighted by atomic mass is 127. The summed E-state index contributed by atoms with van der Waals surface area (Å²) in [5.74, 6) is 1.77. The van der Waals surface area contributed by atoms with Crippen LogP contribution in [0, 0.1) is 0 Å². The Kier molecular flexibility index (Phi) is 10.9. The predicted molar refractivity (Wildman–Crippen MR) is 138 cm³/mol. The first-order valence-electron chi connectivity index (χ1n) is 10.8. The van der Waals surface area contributed by atoms with Crippen molar-refractivity contribution in [2.24, 2.45) is 4.99 Å². The van der Waals surface area contributed by atoms with Crippen LogP contribution in [-0.2, 0) is 13.0 Å². The van der Waals surface area contributed by atoms with Gasteiger partial charge in [0.25, 0.3) is 0 Å². The van der Waals surface area contributed by atoms with Gasteiger partial charge in [0.15, 0.2) is 5.96 Å². The molecule has 0 spiro atoms. The largest absolute Gasteiger partial charge is 0.508 e. The van der Waals surface area contributed by atoms with E-state index in [0.717, 1.165) is 50.5 Å². The lowest BCUT2D eigenvalue weighted by Gasteiger charge is -2.33. The minimum Gasteiger partial charge on any atom is -0.508 e. The van der Waals surface area contributed by atoms with Gasteiger partial charge in [0.2, 0.25) is 0 Å². The summed E-state index contributed by atoms with van der Waals surface area (Å²) in [6.45, 7) is 6.72. The van der Waals surface area contributed by atoms with Crippen molar-refractivity contribution in [2.75, 3.05) is 33.3 Å². The summed E-state index contributed by atoms with van der Waals surface area (Å²) in [4.78, 5) is 7.23. The van der Waals surface area contributed by atoms with Crippen LogP contribution in [-0.4, -0.2) is 55.3 Å². The van der Waals surface area contributed by atoms with Crippen LogP contribution in [0.1, 0.15) is 30.9 Å². The van der Waals surface area contributed by atoms with Crippen LogP contribution in [0.15, 0.2) is 53.5 Å². The predicted octanol–water partition coefficient (Wildman–Crippen LogP) is 3.78. The number of guanidine groups is 1. The van der Waals surface area contributed by atoms with Gasteiger partial charge in [0.1, 0.15) is 11.5 Å². The number of hydrogen-bond acceptors (Lipinski definition) is 4. The van der Waals surface area contributed by atoms with Gasteiger partial charge in [-0.05, 0) is 43.4 Å². The molecule has 0 saturated carbocycles. The number of piperidine rings is 1. The highest BCUT2D eigenvalue weighted by Gasteiger charge is 2.20. The zero-order valence-corrected chi connectivity index (χ0v) is 20.8. The first kappa shape index (κ1) is 25.3. The molecule has 170 valence electrons. The summed E-state index contributed by atoms with van der Waals surface area (Å²) in [7, 11) is 1.60. The van der Waals surface area contributed by atoms with Gasteiger partial charge < -0.3 is 20.5 Å². The van der Waals surface area contributed by atoms with Gasteiger partial charge in [-0.3, -0.25) is 9.89 Å². The number of nitrogens with zero attached hydrogens (tertiary/aromatic N) is 2. The molecule has 6 nitrogen and oxygen atoms in total. The fourth-order valence-corrected chi connectivity index (χ4v) is 3.76. The van der Waals surface area contributed by atoms with Gasteiger partial charge in [-0.2, -0.15) is 0 Å². The molecule has 7 heteroatoms. The molecule has 0 aliphatic carbocycles. The first-order valence-corrected chi connectivity index (χ1v) is 10.8. The minimum absolute atomic E-state index is 0. The Hall–Kier alpha value is -2.00. The van der Waals surface area contributed by atoms with Crippen molar-refractivity contribution in [3.05, 3.63) is 59.7 Å². The molecule has 0 aromatic heterocycles. The molecule has 3 rings (SSSR count). The average Bonchev–Trinajstić information content (AvgIpc) is 2.77. The Morgan fingerprint density at radius 3 is 2.55 bits per heavy atom. The van der Waals surface area contributed by atoms with Crippen molar-refractivity contribution in [1.29, 1.82) is 0 Å². The number of aromatic hydroxyl groups is 1. The van der Waals surface area contributed by atoms with Crippen molar-refractivity contribution in [3.63, 3.8) is 0 Å². The molecule has 0 unspecified atom stereocenters. The van der Waals surface area contributed by atoms with Crippen LogP contribution in [0.3, 0.4) is 0 Å². The van der Waals surface area contributed by atoms with Crippen LogP contribution in [0.25, 0.3) is 0 Å². The third-order valence-corrected chi connectivity index (χ3v) is 5.47. The van der Waals surface area contributed by atoms with E-state index in [1.54, 1.807) is 13.2 Å². The van der Waals surface area contributed by atoms with Gasteiger partial charge in [-0.15, -0.1) is 24.0 Å². The van der Waals surface area contributed by atoms with Crippen molar-refractivity contribution in [2.45, 2.75) is 38.8 Å². The highest BCUT2D eigenvalue weighted by Crippen LogP contribution is 2.23. The number of halogens is 1. The van der Waals surface area contributed by atoms with Crippen molar-refractivity contribution in [1.82, 2.24) is 15.5 Å². The molecule has 3 N–H and O–H groups in total. The van der Waals surface area contributed by atoms with E-state index >= 15 is 0 Å². The Labute approximate surface area is 203 Å². The number of ether oxygens (including phenoxy) is 1. The standard InChI is InChI=1S/C24H34N4O2.HI/c1-3-25-24(26-14-11-20-9-10-22(30-2)17-23(20)29)27-21-12-15-28(16-13-21)18-19-7-5-4-6-8-19;/h4-10,17,21,29H,3,11-16,18H2,1-2H3,(H2,25,26,27);1H. The molecule has 1 heterocycles. The number of aliphatic imine (C=N–C) groups is 1. The third-order valence-electron chi connectivity index (χ3n) is 5.47. The van der Waals surface area contributed by atoms with Gasteiger partial charge in [0, 0.05) is 44.8 Å². The van der Waals surface area contributed by atoms with Crippen molar-refractivity contribution < 1.29 is 9.84 Å². The lowest BCUT2D eigenvalue weighted by atomic mass is 10.0. The maximum atomic E-state index is 10.1. The summed E-state index contributed by atoms with van der Waals surface area (Å²) >= 11 is 0. The lowest BCUT2D eigenvalue weighted by Crippen LogP contribution is -2.48. The maximum Gasteiger partial charge on any atom is 0.191 e. The highest BCUT2D eigenvalue weighted by molar-refractivity contribution is 14.0. The zero-order valence-electron chi connectivity index (χ0n) is 18.5. The lowest BCUT2D eigenvalue weighted by molar-refractivity contribution is 0.198. The third kappa shape index (κ3) is 8.22. The summed E-state index contributed by atoms with van der Waals surface area (Å²) in [6.07, 6.45) is 2.90. The van der Waals surface area contributed by atoms with Crippen LogP contribution >= 0.6 is 24.0 Å². The first-order chi connectivity index (χ1) is 14.7. The Morgan fingerprint density at radius 2 is 1.90 bits per heavy atom. The molecule has 31 heavy (non-hydrogen) atoms. The molecule has 2 aromatic rings. The molecule has 1 aliphatic rings. The minimum atomic E-state index is 0. The van der Waals surface area contributed by atoms with Gasteiger partial charge >= 0.3 is 0 Å². The molecule has 0 radical (unpaired) electrons. The number of likely N-dealkylation sites (tertiary alicyclic amines) is 1. The second kappa shape index (κ2) is 13.4. The van der Waals surface area contributed by atoms with Crippen molar-refractivity contribution in [3.8, 4) is 11.5 Å². The zero-order chi connectivity index (χ0) is 21.2. The van der Waals surface area contributed by atoms with Gasteiger partial charge in [-0.25, -0.2) is 0 Å². The molecular formula is C24H35IN4O2. The molecule has 2 aromatic carbocycles. The van der Waals surface area contributed by atoms with Gasteiger partial charge in [0.05, 0.1) is 7.11 Å². The van der Waals surface area contributed by atoms with Crippen molar-refractivity contribution >= 4 is 29.9 Å². The molecule has 1 aliphatic heterocycles. The number of nitrogens with one attached hydrogen (secondary N) is 2. The molecule has 0 amide bonds. The van der Waals surface area contributed by atoms with E-state index < -0.39 is 0 Å². The second-order valence-electron chi connectivity index (χ2n) is 7.69. The molecule has 0 atom stereocenters. The Morgan fingerprint density at radius 1 is 1.16 bits per heavy atom. The fraction of sp³-hybridized carbons (Fsp3) is 0.458. The smallest absolute Gasteiger partial charge is 0.191 e. The number of rotatable bonds is 8. The van der Waals surface area contributed by atoms with Crippen LogP contribution in [0.4, 0.5) is 0 Å². The number of hydrogen-bond donors (Lipinski definition) is 3. The van der Waals surface area contributed by atoms with E-state index in [-0.39, 0.29) is 29.7 Å². The van der Waals surface area contributed by atoms with Crippen LogP contribution in [0.5, 0.6) is 11.5 Å². The summed E-state index contributed by atoms with van der Waals surface area (Å²) in [5, 5.41) is 17.1. The second-order valence-corrected chi connectivity index (χ2v) is 7.69. The average molecular weight is 538 g/mol. The van der Waals surface area contributed by atoms with E-state index in [1.807, 2.05) is 12.1 Å². The number of phenols is 1. The van der Waals surface area contributed by atoms with E-state index in [9.17, 15) is 5.11 Å².